The zero-order valence-electron chi connectivity index (χ0n) is 10.4. The first-order valence-electron chi connectivity index (χ1n) is 5.21. The van der Waals surface area contributed by atoms with Crippen molar-refractivity contribution in [3.63, 3.8) is 0 Å². The maximum atomic E-state index is 5.64. The van der Waals surface area contributed by atoms with E-state index in [-0.39, 0.29) is 0 Å². The van der Waals surface area contributed by atoms with E-state index in [0.717, 1.165) is 10.4 Å². The van der Waals surface area contributed by atoms with Crippen molar-refractivity contribution in [2.45, 2.75) is 0 Å². The molecule has 0 amide bonds. The van der Waals surface area contributed by atoms with Crippen LogP contribution in [0.1, 0.15) is 0 Å². The maximum Gasteiger partial charge on any atom is 0.180 e. The van der Waals surface area contributed by atoms with Gasteiger partial charge in [0.2, 0.25) is 0 Å². The van der Waals surface area contributed by atoms with E-state index in [4.69, 9.17) is 19.9 Å². The predicted molar refractivity (Wildman–Crippen MR) is 71.6 cm³/mol. The molecule has 1 heterocycles. The average molecular weight is 266 g/mol. The molecular weight excluding hydrogens is 252 g/mol. The number of ether oxygens (including phenoxy) is 3. The summed E-state index contributed by atoms with van der Waals surface area (Å²) in [4.78, 5) is 4.96. The van der Waals surface area contributed by atoms with Gasteiger partial charge in [0.05, 0.1) is 26.2 Å². The summed E-state index contributed by atoms with van der Waals surface area (Å²) in [6.45, 7) is 0. The molecule has 0 fully saturated rings. The summed E-state index contributed by atoms with van der Waals surface area (Å²) in [6.07, 6.45) is 1.71. The minimum atomic E-state index is 0.516. The Morgan fingerprint density at radius 1 is 1.00 bits per heavy atom. The highest BCUT2D eigenvalue weighted by Crippen LogP contribution is 2.41. The van der Waals surface area contributed by atoms with Crippen LogP contribution in [0, 0.1) is 0 Å². The number of thiazole rings is 1. The van der Waals surface area contributed by atoms with Crippen LogP contribution >= 0.6 is 11.3 Å². The Labute approximate surface area is 109 Å². The van der Waals surface area contributed by atoms with Crippen LogP contribution in [0.25, 0.3) is 10.4 Å². The Hall–Kier alpha value is -1.95. The minimum absolute atomic E-state index is 0.516. The number of hydrogen-bond donors (Lipinski definition) is 1. The molecule has 0 saturated heterocycles. The van der Waals surface area contributed by atoms with E-state index in [2.05, 4.69) is 4.98 Å². The third-order valence-corrected chi connectivity index (χ3v) is 3.35. The van der Waals surface area contributed by atoms with Crippen LogP contribution in [-0.4, -0.2) is 26.3 Å². The lowest BCUT2D eigenvalue weighted by molar-refractivity contribution is 0.349. The van der Waals surface area contributed by atoms with Crippen LogP contribution in [0.2, 0.25) is 0 Å². The molecule has 1 aromatic heterocycles. The van der Waals surface area contributed by atoms with Gasteiger partial charge in [-0.05, 0) is 6.07 Å². The lowest BCUT2D eigenvalue weighted by Gasteiger charge is -2.12. The van der Waals surface area contributed by atoms with Crippen molar-refractivity contribution < 1.29 is 14.2 Å². The molecule has 0 saturated carbocycles. The molecule has 0 bridgehead atoms. The van der Waals surface area contributed by atoms with Crippen LogP contribution in [0.15, 0.2) is 18.3 Å². The number of hydrogen-bond acceptors (Lipinski definition) is 6. The van der Waals surface area contributed by atoms with Crippen LogP contribution < -0.4 is 19.9 Å². The molecule has 96 valence electrons. The van der Waals surface area contributed by atoms with E-state index < -0.39 is 0 Å². The van der Waals surface area contributed by atoms with Gasteiger partial charge in [-0.25, -0.2) is 4.98 Å². The first-order valence-corrected chi connectivity index (χ1v) is 6.03. The van der Waals surface area contributed by atoms with Gasteiger partial charge >= 0.3 is 0 Å². The first kappa shape index (κ1) is 12.5. The van der Waals surface area contributed by atoms with Crippen molar-refractivity contribution in [1.82, 2.24) is 4.98 Å². The number of aromatic nitrogens is 1. The highest BCUT2D eigenvalue weighted by molar-refractivity contribution is 7.18. The molecular formula is C12H14N2O3S. The largest absolute Gasteiger partial charge is 0.496 e. The Balaban J connectivity index is 2.58. The summed E-state index contributed by atoms with van der Waals surface area (Å²) in [5, 5.41) is 0.516. The van der Waals surface area contributed by atoms with Crippen molar-refractivity contribution in [2.24, 2.45) is 0 Å². The van der Waals surface area contributed by atoms with E-state index in [1.165, 1.54) is 11.3 Å². The second kappa shape index (κ2) is 5.14. The van der Waals surface area contributed by atoms with Crippen molar-refractivity contribution in [3.8, 4) is 27.7 Å². The van der Waals surface area contributed by atoms with Gasteiger partial charge in [-0.2, -0.15) is 0 Å². The summed E-state index contributed by atoms with van der Waals surface area (Å²) in [7, 11) is 4.78. The Kier molecular flexibility index (Phi) is 3.57. The SMILES string of the molecule is COc1cc(OC)c(-c2cnc(N)s2)cc1OC. The van der Waals surface area contributed by atoms with Gasteiger partial charge in [0.1, 0.15) is 5.75 Å². The normalized spacial score (nSPS) is 10.2. The zero-order chi connectivity index (χ0) is 13.1. The minimum Gasteiger partial charge on any atom is -0.496 e. The van der Waals surface area contributed by atoms with Crippen molar-refractivity contribution in [3.05, 3.63) is 18.3 Å². The summed E-state index contributed by atoms with van der Waals surface area (Å²) in [5.41, 5.74) is 6.52. The van der Waals surface area contributed by atoms with Crippen LogP contribution in [-0.2, 0) is 0 Å². The highest BCUT2D eigenvalue weighted by atomic mass is 32.1. The van der Waals surface area contributed by atoms with E-state index in [1.54, 1.807) is 33.6 Å². The Morgan fingerprint density at radius 3 is 2.11 bits per heavy atom. The average Bonchev–Trinajstić information content (AvgIpc) is 2.83. The number of methoxy groups -OCH3 is 3. The van der Waals surface area contributed by atoms with Crippen molar-refractivity contribution >= 4 is 16.5 Å². The number of nitrogens with two attached hydrogens (primary N) is 1. The Morgan fingerprint density at radius 2 is 1.61 bits per heavy atom. The maximum absolute atomic E-state index is 5.64. The van der Waals surface area contributed by atoms with Crippen LogP contribution in [0.4, 0.5) is 5.13 Å². The Bertz CT molecular complexity index is 554. The topological polar surface area (TPSA) is 66.6 Å². The third kappa shape index (κ3) is 2.19. The molecule has 5 nitrogen and oxygen atoms in total. The second-order valence-corrected chi connectivity index (χ2v) is 4.53. The summed E-state index contributed by atoms with van der Waals surface area (Å²) >= 11 is 1.39. The van der Waals surface area contributed by atoms with E-state index in [1.807, 2.05) is 6.07 Å². The van der Waals surface area contributed by atoms with Crippen molar-refractivity contribution in [2.75, 3.05) is 27.1 Å². The lowest BCUT2D eigenvalue weighted by atomic mass is 10.1. The molecule has 0 spiro atoms. The number of anilines is 1. The molecule has 0 aliphatic heterocycles. The summed E-state index contributed by atoms with van der Waals surface area (Å²) in [5.74, 6) is 1.95. The molecule has 6 heteroatoms. The fourth-order valence-corrected chi connectivity index (χ4v) is 2.34. The van der Waals surface area contributed by atoms with Crippen LogP contribution in [0.3, 0.4) is 0 Å². The van der Waals surface area contributed by atoms with Gasteiger partial charge < -0.3 is 19.9 Å². The molecule has 0 aliphatic rings. The number of nitrogens with zero attached hydrogens (tertiary/aromatic N) is 1. The van der Waals surface area contributed by atoms with E-state index in [9.17, 15) is 0 Å². The van der Waals surface area contributed by atoms with Gasteiger partial charge in [0.15, 0.2) is 16.6 Å². The van der Waals surface area contributed by atoms with Gasteiger partial charge in [0, 0.05) is 17.8 Å². The quantitative estimate of drug-likeness (QED) is 0.920. The van der Waals surface area contributed by atoms with Gasteiger partial charge in [-0.1, -0.05) is 11.3 Å². The molecule has 0 radical (unpaired) electrons. The fourth-order valence-electron chi connectivity index (χ4n) is 1.63. The molecule has 2 aromatic rings. The standard InChI is InChI=1S/C12H14N2O3S/c1-15-8-5-10(17-3)9(16-2)4-7(8)11-6-14-12(13)18-11/h4-6H,1-3H3,(H2,13,14). The van der Waals surface area contributed by atoms with Gasteiger partial charge in [0.25, 0.3) is 0 Å². The monoisotopic (exact) mass is 266 g/mol. The smallest absolute Gasteiger partial charge is 0.180 e. The predicted octanol–water partition coefficient (Wildman–Crippen LogP) is 2.42. The molecule has 2 rings (SSSR count). The van der Waals surface area contributed by atoms with Crippen LogP contribution in [0.5, 0.6) is 17.2 Å². The van der Waals surface area contributed by atoms with Crippen molar-refractivity contribution in [1.29, 1.82) is 0 Å². The number of rotatable bonds is 4. The second-order valence-electron chi connectivity index (χ2n) is 3.47. The highest BCUT2D eigenvalue weighted by Gasteiger charge is 2.15. The third-order valence-electron chi connectivity index (χ3n) is 2.49. The molecule has 0 aliphatic carbocycles. The number of nitrogen functional groups attached to an aromatic ring is 1. The van der Waals surface area contributed by atoms with E-state index in [0.29, 0.717) is 22.4 Å². The van der Waals surface area contributed by atoms with Gasteiger partial charge in [-0.15, -0.1) is 0 Å². The molecule has 2 N–H and O–H groups in total. The summed E-state index contributed by atoms with van der Waals surface area (Å²) in [6, 6.07) is 3.63. The zero-order valence-corrected chi connectivity index (χ0v) is 11.2. The van der Waals surface area contributed by atoms with E-state index >= 15 is 0 Å². The molecule has 1 aromatic carbocycles. The fraction of sp³-hybridized carbons (Fsp3) is 0.250. The lowest BCUT2D eigenvalue weighted by Crippen LogP contribution is -1.94. The molecule has 0 unspecified atom stereocenters. The number of benzene rings is 1. The van der Waals surface area contributed by atoms with Gasteiger partial charge in [-0.3, -0.25) is 0 Å². The molecule has 18 heavy (non-hydrogen) atoms. The molecule has 0 atom stereocenters. The first-order chi connectivity index (χ1) is 8.69. The summed E-state index contributed by atoms with van der Waals surface area (Å²) < 4.78 is 15.9.